The third-order valence-electron chi connectivity index (χ3n) is 2.45. The number of nitrogens with zero attached hydrogens (tertiary/aromatic N) is 1. The third-order valence-corrected chi connectivity index (χ3v) is 2.45. The fraction of sp³-hybridized carbons (Fsp3) is 0.385. The second-order valence-electron chi connectivity index (χ2n) is 4.32. The molecule has 5 nitrogen and oxygen atoms in total. The van der Waals surface area contributed by atoms with E-state index in [2.05, 4.69) is 5.32 Å². The zero-order chi connectivity index (χ0) is 14.4. The van der Waals surface area contributed by atoms with E-state index in [1.54, 1.807) is 6.92 Å². The maximum atomic E-state index is 12.9. The number of nitrogens with one attached hydrogen (secondary N) is 1. The van der Waals surface area contributed by atoms with Crippen LogP contribution in [0.25, 0.3) is 0 Å². The zero-order valence-corrected chi connectivity index (χ0v) is 10.9. The summed E-state index contributed by atoms with van der Waals surface area (Å²) < 4.78 is 12.9. The number of benzene rings is 1. The van der Waals surface area contributed by atoms with Gasteiger partial charge in [-0.25, -0.2) is 4.39 Å². The molecule has 19 heavy (non-hydrogen) atoms. The highest BCUT2D eigenvalue weighted by atomic mass is 19.1. The number of hydrogen-bond acceptors (Lipinski definition) is 3. The van der Waals surface area contributed by atoms with Crippen molar-refractivity contribution in [1.29, 1.82) is 0 Å². The van der Waals surface area contributed by atoms with Crippen LogP contribution in [0, 0.1) is 5.82 Å². The van der Waals surface area contributed by atoms with Gasteiger partial charge in [0.1, 0.15) is 5.82 Å². The Morgan fingerprint density at radius 3 is 2.74 bits per heavy atom. The highest BCUT2D eigenvalue weighted by Gasteiger charge is 2.13. The summed E-state index contributed by atoms with van der Waals surface area (Å²) in [6, 6.07) is 5.21. The van der Waals surface area contributed by atoms with Crippen molar-refractivity contribution in [3.63, 3.8) is 0 Å². The molecule has 0 bridgehead atoms. The highest BCUT2D eigenvalue weighted by Crippen LogP contribution is 2.02. The van der Waals surface area contributed by atoms with Crippen LogP contribution < -0.4 is 5.32 Å². The van der Waals surface area contributed by atoms with Crippen LogP contribution in [-0.2, 0) is 4.79 Å². The molecule has 0 fully saturated rings. The van der Waals surface area contributed by atoms with Crippen molar-refractivity contribution in [2.24, 2.45) is 0 Å². The summed E-state index contributed by atoms with van der Waals surface area (Å²) >= 11 is 0. The molecule has 0 aliphatic carbocycles. The summed E-state index contributed by atoms with van der Waals surface area (Å²) in [5.74, 6) is -1.35. The number of likely N-dealkylation sites (N-methyl/N-ethyl adjacent to an activating group) is 1. The molecule has 0 aromatic heterocycles. The van der Waals surface area contributed by atoms with Gasteiger partial charge in [-0.15, -0.1) is 0 Å². The van der Waals surface area contributed by atoms with Crippen LogP contribution >= 0.6 is 0 Å². The largest absolute Gasteiger partial charge is 0.392 e. The van der Waals surface area contributed by atoms with Gasteiger partial charge in [-0.05, 0) is 25.1 Å². The van der Waals surface area contributed by atoms with E-state index in [-0.39, 0.29) is 24.6 Å². The van der Waals surface area contributed by atoms with E-state index >= 15 is 0 Å². The zero-order valence-electron chi connectivity index (χ0n) is 10.9. The minimum Gasteiger partial charge on any atom is -0.392 e. The first-order valence-corrected chi connectivity index (χ1v) is 5.86. The molecule has 0 spiro atoms. The highest BCUT2D eigenvalue weighted by molar-refractivity contribution is 5.96. The molecule has 1 atom stereocenters. The predicted octanol–water partition coefficient (Wildman–Crippen LogP) is 0.395. The van der Waals surface area contributed by atoms with Crippen LogP contribution in [0.4, 0.5) is 4.39 Å². The first kappa shape index (κ1) is 15.1. The van der Waals surface area contributed by atoms with Crippen LogP contribution in [0.15, 0.2) is 24.3 Å². The molecule has 0 heterocycles. The fourth-order valence-electron chi connectivity index (χ4n) is 1.52. The van der Waals surface area contributed by atoms with Crippen LogP contribution in [0.2, 0.25) is 0 Å². The van der Waals surface area contributed by atoms with Gasteiger partial charge in [-0.1, -0.05) is 6.07 Å². The Labute approximate surface area is 111 Å². The maximum absolute atomic E-state index is 12.9. The van der Waals surface area contributed by atoms with E-state index in [0.29, 0.717) is 0 Å². The molecular formula is C13H17FN2O3. The summed E-state index contributed by atoms with van der Waals surface area (Å²) in [5.41, 5.74) is 0.158. The number of hydrogen-bond donors (Lipinski definition) is 2. The normalized spacial score (nSPS) is 11.8. The molecule has 0 saturated carbocycles. The summed E-state index contributed by atoms with van der Waals surface area (Å²) in [5, 5.41) is 11.5. The number of amides is 2. The Balaban J connectivity index is 2.48. The smallest absolute Gasteiger partial charge is 0.251 e. The van der Waals surface area contributed by atoms with Crippen molar-refractivity contribution in [3.8, 4) is 0 Å². The van der Waals surface area contributed by atoms with Crippen LogP contribution in [0.5, 0.6) is 0 Å². The maximum Gasteiger partial charge on any atom is 0.251 e. The standard InChI is InChI=1S/C13H17FN2O3/c1-9(17)8-16(2)12(18)7-15-13(19)10-4-3-5-11(14)6-10/h3-6,9,17H,7-8H2,1-2H3,(H,15,19). The average molecular weight is 268 g/mol. The minimum absolute atomic E-state index is 0.158. The number of halogens is 1. The molecule has 1 aromatic rings. The lowest BCUT2D eigenvalue weighted by Crippen LogP contribution is -2.40. The quantitative estimate of drug-likeness (QED) is 0.812. The van der Waals surface area contributed by atoms with Crippen molar-refractivity contribution in [2.75, 3.05) is 20.1 Å². The summed E-state index contributed by atoms with van der Waals surface area (Å²) in [6.07, 6.45) is -0.632. The molecule has 1 rings (SSSR count). The Bertz CT molecular complexity index is 463. The lowest BCUT2D eigenvalue weighted by Gasteiger charge is -2.18. The molecule has 6 heteroatoms. The van der Waals surface area contributed by atoms with Gasteiger partial charge in [0.05, 0.1) is 12.6 Å². The SMILES string of the molecule is CC(O)CN(C)C(=O)CNC(=O)c1cccc(F)c1. The topological polar surface area (TPSA) is 69.6 Å². The van der Waals surface area contributed by atoms with E-state index < -0.39 is 17.8 Å². The molecule has 1 aromatic carbocycles. The number of aliphatic hydroxyl groups is 1. The monoisotopic (exact) mass is 268 g/mol. The molecule has 104 valence electrons. The van der Waals surface area contributed by atoms with Crippen molar-refractivity contribution < 1.29 is 19.1 Å². The Kier molecular flexibility index (Phi) is 5.44. The van der Waals surface area contributed by atoms with Gasteiger partial charge in [0.15, 0.2) is 0 Å². The van der Waals surface area contributed by atoms with Gasteiger partial charge in [-0.2, -0.15) is 0 Å². The Hall–Kier alpha value is -1.95. The Morgan fingerprint density at radius 1 is 1.47 bits per heavy atom. The van der Waals surface area contributed by atoms with Crippen LogP contribution in [0.3, 0.4) is 0 Å². The fourth-order valence-corrected chi connectivity index (χ4v) is 1.52. The van der Waals surface area contributed by atoms with Gasteiger partial charge >= 0.3 is 0 Å². The van der Waals surface area contributed by atoms with E-state index in [9.17, 15) is 14.0 Å². The molecular weight excluding hydrogens is 251 g/mol. The third kappa shape index (κ3) is 5.05. The van der Waals surface area contributed by atoms with E-state index in [0.717, 1.165) is 6.07 Å². The van der Waals surface area contributed by atoms with Crippen molar-refractivity contribution in [2.45, 2.75) is 13.0 Å². The molecule has 0 aliphatic rings. The van der Waals surface area contributed by atoms with Gasteiger partial charge in [0.25, 0.3) is 5.91 Å². The number of carbonyl (C=O) groups excluding carboxylic acids is 2. The molecule has 0 radical (unpaired) electrons. The number of carbonyl (C=O) groups is 2. The number of rotatable bonds is 5. The van der Waals surface area contributed by atoms with E-state index in [1.165, 1.54) is 30.1 Å². The van der Waals surface area contributed by atoms with Crippen molar-refractivity contribution in [3.05, 3.63) is 35.6 Å². The Morgan fingerprint density at radius 2 is 2.16 bits per heavy atom. The first-order chi connectivity index (χ1) is 8.90. The van der Waals surface area contributed by atoms with E-state index in [4.69, 9.17) is 5.11 Å². The molecule has 1 unspecified atom stereocenters. The summed E-state index contributed by atoms with van der Waals surface area (Å²) in [4.78, 5) is 24.6. The average Bonchev–Trinajstić information content (AvgIpc) is 2.34. The summed E-state index contributed by atoms with van der Waals surface area (Å²) in [7, 11) is 1.53. The van der Waals surface area contributed by atoms with Gasteiger partial charge in [0.2, 0.25) is 5.91 Å². The van der Waals surface area contributed by atoms with Crippen LogP contribution in [-0.4, -0.2) is 48.1 Å². The van der Waals surface area contributed by atoms with Gasteiger partial charge < -0.3 is 15.3 Å². The van der Waals surface area contributed by atoms with Crippen LogP contribution in [0.1, 0.15) is 17.3 Å². The minimum atomic E-state index is -0.632. The molecule has 2 amide bonds. The second kappa shape index (κ2) is 6.84. The van der Waals surface area contributed by atoms with Gasteiger partial charge in [-0.3, -0.25) is 9.59 Å². The first-order valence-electron chi connectivity index (χ1n) is 5.86. The lowest BCUT2D eigenvalue weighted by atomic mass is 10.2. The second-order valence-corrected chi connectivity index (χ2v) is 4.32. The molecule has 0 saturated heterocycles. The molecule has 2 N–H and O–H groups in total. The summed E-state index contributed by atoms with van der Waals surface area (Å²) in [6.45, 7) is 1.56. The van der Waals surface area contributed by atoms with Crippen molar-refractivity contribution >= 4 is 11.8 Å². The van der Waals surface area contributed by atoms with Gasteiger partial charge in [0, 0.05) is 19.2 Å². The predicted molar refractivity (Wildman–Crippen MR) is 68.1 cm³/mol. The van der Waals surface area contributed by atoms with E-state index in [1.807, 2.05) is 0 Å². The number of aliphatic hydroxyl groups excluding tert-OH is 1. The lowest BCUT2D eigenvalue weighted by molar-refractivity contribution is -0.129. The van der Waals surface area contributed by atoms with Crippen molar-refractivity contribution in [1.82, 2.24) is 10.2 Å². The molecule has 0 aliphatic heterocycles.